The first-order chi connectivity index (χ1) is 14.8. The van der Waals surface area contributed by atoms with Gasteiger partial charge in [0.1, 0.15) is 5.75 Å². The molecule has 0 bridgehead atoms. The molecule has 1 aliphatic rings. The van der Waals surface area contributed by atoms with E-state index in [4.69, 9.17) is 21.1 Å². The minimum Gasteiger partial charge on any atom is -0.496 e. The number of nitrogens with one attached hydrogen (secondary N) is 1. The van der Waals surface area contributed by atoms with E-state index in [1.54, 1.807) is 29.8 Å². The Morgan fingerprint density at radius 1 is 1.19 bits per heavy atom. The number of anilines is 1. The van der Waals surface area contributed by atoms with Crippen LogP contribution in [0.3, 0.4) is 0 Å². The molecular formula is C20H21ClN4O5S. The highest BCUT2D eigenvalue weighted by atomic mass is 35.5. The van der Waals surface area contributed by atoms with E-state index in [0.717, 1.165) is 5.52 Å². The van der Waals surface area contributed by atoms with Crippen LogP contribution in [0.4, 0.5) is 5.95 Å². The lowest BCUT2D eigenvalue weighted by Gasteiger charge is -2.26. The zero-order valence-corrected chi connectivity index (χ0v) is 18.5. The maximum atomic E-state index is 13.0. The number of ether oxygens (including phenoxy) is 2. The number of amides is 1. The molecule has 1 aromatic heterocycles. The summed E-state index contributed by atoms with van der Waals surface area (Å²) in [7, 11) is -0.592. The van der Waals surface area contributed by atoms with Crippen LogP contribution in [0.25, 0.3) is 11.0 Å². The van der Waals surface area contributed by atoms with Crippen molar-refractivity contribution in [2.75, 3.05) is 38.7 Å². The Morgan fingerprint density at radius 2 is 1.94 bits per heavy atom. The molecule has 1 aliphatic heterocycles. The Kier molecular flexibility index (Phi) is 5.89. The summed E-state index contributed by atoms with van der Waals surface area (Å²) in [5, 5.41) is 3.26. The number of imidazole rings is 1. The van der Waals surface area contributed by atoms with Crippen molar-refractivity contribution in [2.24, 2.45) is 7.05 Å². The van der Waals surface area contributed by atoms with Gasteiger partial charge in [0.25, 0.3) is 5.91 Å². The predicted octanol–water partition coefficient (Wildman–Crippen LogP) is 2.51. The number of carbonyl (C=O) groups excluding carboxylic acids is 1. The van der Waals surface area contributed by atoms with Crippen molar-refractivity contribution in [2.45, 2.75) is 4.90 Å². The molecule has 0 unspecified atom stereocenters. The van der Waals surface area contributed by atoms with Crippen molar-refractivity contribution in [3.05, 3.63) is 47.0 Å². The van der Waals surface area contributed by atoms with E-state index in [0.29, 0.717) is 29.7 Å². The number of morpholine rings is 1. The molecule has 4 rings (SSSR count). The average molecular weight is 465 g/mol. The second-order valence-electron chi connectivity index (χ2n) is 6.96. The minimum absolute atomic E-state index is 0.0112. The van der Waals surface area contributed by atoms with Crippen LogP contribution >= 0.6 is 11.6 Å². The molecule has 164 valence electrons. The highest BCUT2D eigenvalue weighted by Crippen LogP contribution is 2.27. The second-order valence-corrected chi connectivity index (χ2v) is 9.33. The van der Waals surface area contributed by atoms with Crippen molar-refractivity contribution in [1.82, 2.24) is 13.9 Å². The van der Waals surface area contributed by atoms with Gasteiger partial charge in [-0.25, -0.2) is 13.4 Å². The fourth-order valence-electron chi connectivity index (χ4n) is 3.41. The summed E-state index contributed by atoms with van der Waals surface area (Å²) < 4.78 is 39.6. The van der Waals surface area contributed by atoms with Gasteiger partial charge in [0.15, 0.2) is 0 Å². The van der Waals surface area contributed by atoms with Crippen molar-refractivity contribution in [3.63, 3.8) is 0 Å². The number of hydrogen-bond acceptors (Lipinski definition) is 6. The van der Waals surface area contributed by atoms with Crippen molar-refractivity contribution in [1.29, 1.82) is 0 Å². The van der Waals surface area contributed by atoms with Crippen molar-refractivity contribution >= 4 is 44.5 Å². The molecule has 9 nitrogen and oxygen atoms in total. The van der Waals surface area contributed by atoms with Crippen LogP contribution in [0.1, 0.15) is 10.4 Å². The maximum Gasteiger partial charge on any atom is 0.261 e. The van der Waals surface area contributed by atoms with Crippen LogP contribution in [-0.2, 0) is 21.8 Å². The summed E-state index contributed by atoms with van der Waals surface area (Å²) in [4.78, 5) is 17.5. The molecule has 0 atom stereocenters. The SMILES string of the molecule is COc1ccc(S(=O)(=O)N2CCOCC2)cc1C(=O)Nc1nc2cc(Cl)ccc2n1C. The maximum absolute atomic E-state index is 13.0. The van der Waals surface area contributed by atoms with Gasteiger partial charge in [-0.15, -0.1) is 0 Å². The molecule has 0 aliphatic carbocycles. The fourth-order valence-corrected chi connectivity index (χ4v) is 5.02. The first kappa shape index (κ1) is 21.6. The molecule has 2 heterocycles. The fraction of sp³-hybridized carbons (Fsp3) is 0.300. The molecule has 2 aromatic carbocycles. The van der Waals surface area contributed by atoms with E-state index in [2.05, 4.69) is 10.3 Å². The number of methoxy groups -OCH3 is 1. The molecule has 0 radical (unpaired) electrons. The van der Waals surface area contributed by atoms with E-state index >= 15 is 0 Å². The Bertz CT molecular complexity index is 1250. The van der Waals surface area contributed by atoms with Gasteiger partial charge in [0.2, 0.25) is 16.0 Å². The van der Waals surface area contributed by atoms with E-state index in [1.165, 1.54) is 29.6 Å². The lowest BCUT2D eigenvalue weighted by Crippen LogP contribution is -2.40. The Hall–Kier alpha value is -2.66. The molecular weight excluding hydrogens is 444 g/mol. The smallest absolute Gasteiger partial charge is 0.261 e. The van der Waals surface area contributed by atoms with E-state index < -0.39 is 15.9 Å². The molecule has 1 saturated heterocycles. The molecule has 11 heteroatoms. The number of fused-ring (bicyclic) bond motifs is 1. The predicted molar refractivity (Wildman–Crippen MR) is 116 cm³/mol. The van der Waals surface area contributed by atoms with Gasteiger partial charge in [-0.3, -0.25) is 10.1 Å². The number of carbonyl (C=O) groups is 1. The zero-order chi connectivity index (χ0) is 22.2. The number of aromatic nitrogens is 2. The van der Waals surface area contributed by atoms with E-state index in [-0.39, 0.29) is 29.3 Å². The number of benzene rings is 2. The molecule has 1 amide bonds. The van der Waals surface area contributed by atoms with E-state index in [9.17, 15) is 13.2 Å². The lowest BCUT2D eigenvalue weighted by atomic mass is 10.2. The van der Waals surface area contributed by atoms with E-state index in [1.807, 2.05) is 0 Å². The summed E-state index contributed by atoms with van der Waals surface area (Å²) in [6, 6.07) is 9.45. The summed E-state index contributed by atoms with van der Waals surface area (Å²) in [6.07, 6.45) is 0. The Balaban J connectivity index is 1.67. The summed E-state index contributed by atoms with van der Waals surface area (Å²) in [5.41, 5.74) is 1.50. The van der Waals surface area contributed by atoms with Gasteiger partial charge in [-0.1, -0.05) is 11.6 Å². The van der Waals surface area contributed by atoms with Gasteiger partial charge in [0, 0.05) is 25.2 Å². The quantitative estimate of drug-likeness (QED) is 0.622. The third kappa shape index (κ3) is 4.11. The van der Waals surface area contributed by atoms with Crippen LogP contribution in [0.2, 0.25) is 5.02 Å². The number of nitrogens with zero attached hydrogens (tertiary/aromatic N) is 3. The summed E-state index contributed by atoms with van der Waals surface area (Å²) in [6.45, 7) is 1.19. The van der Waals surface area contributed by atoms with Gasteiger partial charge in [-0.05, 0) is 36.4 Å². The monoisotopic (exact) mass is 464 g/mol. The molecule has 0 saturated carbocycles. The van der Waals surface area contributed by atoms with Crippen molar-refractivity contribution < 1.29 is 22.7 Å². The minimum atomic E-state index is -3.77. The molecule has 1 N–H and O–H groups in total. The van der Waals surface area contributed by atoms with Gasteiger partial charge >= 0.3 is 0 Å². The average Bonchev–Trinajstić information content (AvgIpc) is 3.08. The van der Waals surface area contributed by atoms with Gasteiger partial charge in [0.05, 0.1) is 41.8 Å². The second kappa shape index (κ2) is 8.46. The van der Waals surface area contributed by atoms with Crippen LogP contribution in [0.5, 0.6) is 5.75 Å². The van der Waals surface area contributed by atoms with Gasteiger partial charge < -0.3 is 14.0 Å². The van der Waals surface area contributed by atoms with Crippen LogP contribution < -0.4 is 10.1 Å². The molecule has 0 spiro atoms. The number of hydrogen-bond donors (Lipinski definition) is 1. The normalized spacial score (nSPS) is 15.2. The Labute approximate surface area is 184 Å². The van der Waals surface area contributed by atoms with Crippen molar-refractivity contribution in [3.8, 4) is 5.75 Å². The number of aryl methyl sites for hydroxylation is 1. The summed E-state index contributed by atoms with van der Waals surface area (Å²) in [5.74, 6) is 0.00590. The molecule has 3 aromatic rings. The molecule has 1 fully saturated rings. The number of sulfonamides is 1. The zero-order valence-electron chi connectivity index (χ0n) is 17.0. The van der Waals surface area contributed by atoms with Crippen LogP contribution in [0.15, 0.2) is 41.3 Å². The first-order valence-electron chi connectivity index (χ1n) is 9.50. The largest absolute Gasteiger partial charge is 0.496 e. The highest BCUT2D eigenvalue weighted by Gasteiger charge is 2.28. The number of rotatable bonds is 5. The van der Waals surface area contributed by atoms with Crippen LogP contribution in [-0.4, -0.2) is 61.6 Å². The molecule has 31 heavy (non-hydrogen) atoms. The standard InChI is InChI=1S/C20H21ClN4O5S/c1-24-17-5-3-13(21)11-16(17)22-20(24)23-19(26)15-12-14(4-6-18(15)29-2)31(27,28)25-7-9-30-10-8-25/h3-6,11-12H,7-10H2,1-2H3,(H,22,23,26). The topological polar surface area (TPSA) is 103 Å². The van der Waals surface area contributed by atoms with Gasteiger partial charge in [-0.2, -0.15) is 4.31 Å². The highest BCUT2D eigenvalue weighted by molar-refractivity contribution is 7.89. The number of halogens is 1. The third-order valence-corrected chi connectivity index (χ3v) is 7.22. The Morgan fingerprint density at radius 3 is 2.65 bits per heavy atom. The summed E-state index contributed by atoms with van der Waals surface area (Å²) >= 11 is 6.02. The van der Waals surface area contributed by atoms with Crippen LogP contribution in [0, 0.1) is 0 Å². The lowest BCUT2D eigenvalue weighted by molar-refractivity contribution is 0.0730. The first-order valence-corrected chi connectivity index (χ1v) is 11.3. The third-order valence-electron chi connectivity index (χ3n) is 5.09.